The van der Waals surface area contributed by atoms with E-state index >= 15 is 0 Å². The molecule has 0 aliphatic carbocycles. The van der Waals surface area contributed by atoms with Gasteiger partial charge in [-0.3, -0.25) is 14.9 Å². The summed E-state index contributed by atoms with van der Waals surface area (Å²) in [6.07, 6.45) is 0.829. The normalized spacial score (nSPS) is 14.8. The van der Waals surface area contributed by atoms with E-state index in [2.05, 4.69) is 31.5 Å². The summed E-state index contributed by atoms with van der Waals surface area (Å²) in [7, 11) is 0. The molecule has 0 spiro atoms. The van der Waals surface area contributed by atoms with E-state index in [1.165, 1.54) is 12.1 Å². The summed E-state index contributed by atoms with van der Waals surface area (Å²) >= 11 is 3.17. The molecule has 1 aliphatic rings. The Bertz CT molecular complexity index is 553. The Morgan fingerprint density at radius 2 is 2.09 bits per heavy atom. The van der Waals surface area contributed by atoms with Crippen LogP contribution in [-0.2, 0) is 0 Å². The van der Waals surface area contributed by atoms with Crippen molar-refractivity contribution in [1.82, 2.24) is 15.5 Å². The van der Waals surface area contributed by atoms with Gasteiger partial charge in [0, 0.05) is 43.3 Å². The number of halogens is 2. The molecule has 0 saturated carbocycles. The van der Waals surface area contributed by atoms with Crippen molar-refractivity contribution in [1.29, 1.82) is 0 Å². The highest BCUT2D eigenvalue weighted by atomic mass is 79.9. The maximum atomic E-state index is 12.1. The number of benzene rings is 1. The molecule has 1 amide bonds. The van der Waals surface area contributed by atoms with E-state index in [1.807, 2.05) is 0 Å². The lowest BCUT2D eigenvalue weighted by molar-refractivity contribution is -0.385. The van der Waals surface area contributed by atoms with Crippen LogP contribution >= 0.6 is 28.3 Å². The molecule has 0 bridgehead atoms. The lowest BCUT2D eigenvalue weighted by Crippen LogP contribution is -2.44. The summed E-state index contributed by atoms with van der Waals surface area (Å²) in [4.78, 5) is 24.9. The molecule has 2 N–H and O–H groups in total. The predicted octanol–water partition coefficient (Wildman–Crippen LogP) is 1.80. The summed E-state index contributed by atoms with van der Waals surface area (Å²) in [6.45, 7) is 5.47. The molecule has 7 nitrogen and oxygen atoms in total. The Kier molecular flexibility index (Phi) is 8.46. The van der Waals surface area contributed by atoms with Crippen molar-refractivity contribution in [2.75, 3.05) is 39.3 Å². The molecular weight excluding hydrogens is 388 g/mol. The van der Waals surface area contributed by atoms with Crippen molar-refractivity contribution >= 4 is 39.9 Å². The van der Waals surface area contributed by atoms with E-state index in [0.29, 0.717) is 11.0 Å². The van der Waals surface area contributed by atoms with E-state index in [1.54, 1.807) is 6.07 Å². The highest BCUT2D eigenvalue weighted by molar-refractivity contribution is 9.10. The molecule has 0 unspecified atom stereocenters. The van der Waals surface area contributed by atoms with Crippen molar-refractivity contribution in [3.8, 4) is 0 Å². The topological polar surface area (TPSA) is 87.5 Å². The molecular formula is C14H20BrClN4O3. The molecule has 0 atom stereocenters. The first-order chi connectivity index (χ1) is 10.6. The van der Waals surface area contributed by atoms with Crippen LogP contribution in [0.25, 0.3) is 0 Å². The molecule has 9 heteroatoms. The average molecular weight is 408 g/mol. The quantitative estimate of drug-likeness (QED) is 0.426. The van der Waals surface area contributed by atoms with Crippen LogP contribution in [0.15, 0.2) is 22.7 Å². The van der Waals surface area contributed by atoms with E-state index in [-0.39, 0.29) is 23.7 Å². The van der Waals surface area contributed by atoms with Gasteiger partial charge in [0.05, 0.1) is 4.92 Å². The van der Waals surface area contributed by atoms with Crippen molar-refractivity contribution in [2.24, 2.45) is 0 Å². The van der Waals surface area contributed by atoms with Crippen molar-refractivity contribution in [3.63, 3.8) is 0 Å². The number of carbonyl (C=O) groups is 1. The molecule has 1 aromatic carbocycles. The van der Waals surface area contributed by atoms with Crippen LogP contribution < -0.4 is 10.6 Å². The second-order valence-corrected chi connectivity index (χ2v) is 6.04. The second-order valence-electron chi connectivity index (χ2n) is 5.12. The van der Waals surface area contributed by atoms with Crippen LogP contribution in [0, 0.1) is 10.1 Å². The predicted molar refractivity (Wildman–Crippen MR) is 94.3 cm³/mol. The highest BCUT2D eigenvalue weighted by Gasteiger charge is 2.20. The third-order valence-electron chi connectivity index (χ3n) is 3.55. The minimum Gasteiger partial charge on any atom is -0.352 e. The molecule has 23 heavy (non-hydrogen) atoms. The van der Waals surface area contributed by atoms with Gasteiger partial charge in [-0.1, -0.05) is 15.9 Å². The number of rotatable bonds is 6. The monoisotopic (exact) mass is 406 g/mol. The summed E-state index contributed by atoms with van der Waals surface area (Å²) in [5, 5.41) is 17.0. The molecule has 1 saturated heterocycles. The number of hydrogen-bond acceptors (Lipinski definition) is 5. The Morgan fingerprint density at radius 1 is 1.39 bits per heavy atom. The minimum absolute atomic E-state index is 0. The Morgan fingerprint density at radius 3 is 2.74 bits per heavy atom. The molecule has 1 aliphatic heterocycles. The van der Waals surface area contributed by atoms with Crippen molar-refractivity contribution in [2.45, 2.75) is 6.42 Å². The number of nitrogens with zero attached hydrogens (tertiary/aromatic N) is 2. The van der Waals surface area contributed by atoms with E-state index in [0.717, 1.165) is 39.1 Å². The smallest absolute Gasteiger partial charge is 0.283 e. The van der Waals surface area contributed by atoms with Crippen molar-refractivity contribution in [3.05, 3.63) is 38.3 Å². The molecule has 2 rings (SSSR count). The van der Waals surface area contributed by atoms with Crippen molar-refractivity contribution < 1.29 is 9.72 Å². The fourth-order valence-corrected chi connectivity index (χ4v) is 2.73. The van der Waals surface area contributed by atoms with Crippen LogP contribution in [0.3, 0.4) is 0 Å². The van der Waals surface area contributed by atoms with Gasteiger partial charge in [-0.25, -0.2) is 0 Å². The Labute approximate surface area is 149 Å². The number of amides is 1. The molecule has 0 aromatic heterocycles. The fourth-order valence-electron chi connectivity index (χ4n) is 2.38. The third kappa shape index (κ3) is 6.06. The first-order valence-electron chi connectivity index (χ1n) is 7.23. The van der Waals surface area contributed by atoms with Gasteiger partial charge in [0.1, 0.15) is 5.56 Å². The minimum atomic E-state index is -0.541. The Balaban J connectivity index is 0.00000264. The standard InChI is InChI=1S/C14H19BrN4O3.ClH/c15-11-2-3-12(13(10-11)19(21)22)14(20)17-4-1-7-18-8-5-16-6-9-18;/h2-3,10,16H,1,4-9H2,(H,17,20);1H. The largest absolute Gasteiger partial charge is 0.352 e. The van der Waals surface area contributed by atoms with E-state index in [9.17, 15) is 14.9 Å². The second kappa shape index (κ2) is 9.82. The lowest BCUT2D eigenvalue weighted by Gasteiger charge is -2.27. The molecule has 128 valence electrons. The number of hydrogen-bond donors (Lipinski definition) is 2. The van der Waals surface area contributed by atoms with E-state index in [4.69, 9.17) is 0 Å². The first-order valence-corrected chi connectivity index (χ1v) is 8.02. The average Bonchev–Trinajstić information content (AvgIpc) is 2.52. The SMILES string of the molecule is Cl.O=C(NCCCN1CCNCC1)c1ccc(Br)cc1[N+](=O)[O-]. The zero-order chi connectivity index (χ0) is 15.9. The Hall–Kier alpha value is -1.22. The molecule has 1 aromatic rings. The fraction of sp³-hybridized carbons (Fsp3) is 0.500. The zero-order valence-corrected chi connectivity index (χ0v) is 15.0. The number of carbonyl (C=O) groups excluding carboxylic acids is 1. The summed E-state index contributed by atoms with van der Waals surface area (Å²) in [5.74, 6) is -0.403. The van der Waals surface area contributed by atoms with E-state index < -0.39 is 10.8 Å². The van der Waals surface area contributed by atoms with Gasteiger partial charge in [-0.05, 0) is 25.1 Å². The van der Waals surface area contributed by atoms with Crippen LogP contribution in [0.4, 0.5) is 5.69 Å². The summed E-state index contributed by atoms with van der Waals surface area (Å²) in [6, 6.07) is 4.44. The zero-order valence-electron chi connectivity index (χ0n) is 12.6. The number of nitro groups is 1. The number of nitrogens with one attached hydrogen (secondary N) is 2. The first kappa shape index (κ1) is 19.8. The van der Waals surface area contributed by atoms with Gasteiger partial charge in [0.2, 0.25) is 0 Å². The lowest BCUT2D eigenvalue weighted by atomic mass is 10.1. The number of nitro benzene ring substituents is 1. The summed E-state index contributed by atoms with van der Waals surface area (Å²) in [5.41, 5.74) is -0.0932. The number of piperazine rings is 1. The molecule has 0 radical (unpaired) electrons. The van der Waals surface area contributed by atoms with Crippen LogP contribution in [0.1, 0.15) is 16.8 Å². The van der Waals surface area contributed by atoms with Crippen LogP contribution in [0.5, 0.6) is 0 Å². The van der Waals surface area contributed by atoms with Crippen LogP contribution in [-0.4, -0.2) is 55.0 Å². The third-order valence-corrected chi connectivity index (χ3v) is 4.04. The maximum Gasteiger partial charge on any atom is 0.283 e. The highest BCUT2D eigenvalue weighted by Crippen LogP contribution is 2.23. The van der Waals surface area contributed by atoms with Gasteiger partial charge in [-0.15, -0.1) is 12.4 Å². The molecule has 1 heterocycles. The van der Waals surface area contributed by atoms with Gasteiger partial charge >= 0.3 is 0 Å². The maximum absolute atomic E-state index is 12.1. The van der Waals surface area contributed by atoms with Crippen LogP contribution in [0.2, 0.25) is 0 Å². The van der Waals surface area contributed by atoms with Gasteiger partial charge < -0.3 is 15.5 Å². The van der Waals surface area contributed by atoms with Gasteiger partial charge in [-0.2, -0.15) is 0 Å². The van der Waals surface area contributed by atoms with Gasteiger partial charge in [0.15, 0.2) is 0 Å². The molecule has 1 fully saturated rings. The summed E-state index contributed by atoms with van der Waals surface area (Å²) < 4.78 is 0.578. The van der Waals surface area contributed by atoms with Gasteiger partial charge in [0.25, 0.3) is 11.6 Å².